The molecule has 1 aromatic rings. The normalized spacial score (nSPS) is 18.6. The summed E-state index contributed by atoms with van der Waals surface area (Å²) in [5.41, 5.74) is 0.638. The molecule has 1 atom stereocenters. The summed E-state index contributed by atoms with van der Waals surface area (Å²) in [5, 5.41) is 9.08. The first kappa shape index (κ1) is 15.9. The van der Waals surface area contributed by atoms with Crippen LogP contribution in [0.15, 0.2) is 18.2 Å². The van der Waals surface area contributed by atoms with Crippen LogP contribution in [0.5, 0.6) is 0 Å². The molecule has 0 spiro atoms. The number of rotatable bonds is 5. The lowest BCUT2D eigenvalue weighted by molar-refractivity contribution is -0.138. The second-order valence-electron chi connectivity index (χ2n) is 5.92. The molecule has 21 heavy (non-hydrogen) atoms. The number of nitrogens with zero attached hydrogens (tertiary/aromatic N) is 1. The van der Waals surface area contributed by atoms with Gasteiger partial charge >= 0.3 is 5.97 Å². The highest BCUT2D eigenvalue weighted by atomic mass is 19.2. The van der Waals surface area contributed by atoms with E-state index >= 15 is 0 Å². The minimum Gasteiger partial charge on any atom is -0.481 e. The molecule has 1 aromatic carbocycles. The van der Waals surface area contributed by atoms with E-state index in [2.05, 4.69) is 11.8 Å². The highest BCUT2D eigenvalue weighted by Gasteiger charge is 2.25. The van der Waals surface area contributed by atoms with E-state index in [1.54, 1.807) is 0 Å². The number of aliphatic carboxylic acids is 1. The summed E-state index contributed by atoms with van der Waals surface area (Å²) in [5.74, 6) is -1.95. The number of benzene rings is 1. The van der Waals surface area contributed by atoms with Gasteiger partial charge in [-0.2, -0.15) is 0 Å². The topological polar surface area (TPSA) is 40.5 Å². The Kier molecular flexibility index (Phi) is 5.28. The predicted molar refractivity (Wildman–Crippen MR) is 76.1 cm³/mol. The molecule has 1 aliphatic heterocycles. The fourth-order valence-corrected chi connectivity index (χ4v) is 2.86. The van der Waals surface area contributed by atoms with Gasteiger partial charge in [-0.05, 0) is 56.0 Å². The number of hydrogen-bond donors (Lipinski definition) is 1. The molecule has 2 rings (SSSR count). The standard InChI is InChI=1S/C16H21F2NO2/c1-11-4-6-19(7-5-11)13(10-16(20)21)8-12-2-3-14(17)15(18)9-12/h2-3,9,11,13H,4-8,10H2,1H3,(H,20,21). The van der Waals surface area contributed by atoms with Crippen LogP contribution in [0.2, 0.25) is 0 Å². The molecule has 0 amide bonds. The Morgan fingerprint density at radius 1 is 1.33 bits per heavy atom. The maximum atomic E-state index is 13.3. The Morgan fingerprint density at radius 3 is 2.57 bits per heavy atom. The number of halogens is 2. The maximum absolute atomic E-state index is 13.3. The summed E-state index contributed by atoms with van der Waals surface area (Å²) >= 11 is 0. The number of likely N-dealkylation sites (tertiary alicyclic amines) is 1. The van der Waals surface area contributed by atoms with Crippen molar-refractivity contribution in [2.75, 3.05) is 13.1 Å². The largest absolute Gasteiger partial charge is 0.481 e. The Hall–Kier alpha value is -1.49. The average molecular weight is 297 g/mol. The Morgan fingerprint density at radius 2 is 2.00 bits per heavy atom. The summed E-state index contributed by atoms with van der Waals surface area (Å²) in [6.45, 7) is 3.92. The van der Waals surface area contributed by atoms with Crippen molar-refractivity contribution in [2.24, 2.45) is 5.92 Å². The Labute approximate surface area is 123 Å². The predicted octanol–water partition coefficient (Wildman–Crippen LogP) is 3.08. The van der Waals surface area contributed by atoms with Crippen molar-refractivity contribution in [3.8, 4) is 0 Å². The fourth-order valence-electron chi connectivity index (χ4n) is 2.86. The van der Waals surface area contributed by atoms with Crippen molar-refractivity contribution >= 4 is 5.97 Å². The zero-order chi connectivity index (χ0) is 15.4. The highest BCUT2D eigenvalue weighted by Crippen LogP contribution is 2.22. The molecule has 1 saturated heterocycles. The smallest absolute Gasteiger partial charge is 0.304 e. The fraction of sp³-hybridized carbons (Fsp3) is 0.562. The van der Waals surface area contributed by atoms with Crippen molar-refractivity contribution in [1.82, 2.24) is 4.90 Å². The van der Waals surface area contributed by atoms with E-state index < -0.39 is 17.6 Å². The van der Waals surface area contributed by atoms with E-state index in [0.717, 1.165) is 38.1 Å². The quantitative estimate of drug-likeness (QED) is 0.908. The van der Waals surface area contributed by atoms with Gasteiger partial charge in [0.15, 0.2) is 11.6 Å². The van der Waals surface area contributed by atoms with Crippen LogP contribution in [0, 0.1) is 17.6 Å². The van der Waals surface area contributed by atoms with Gasteiger partial charge in [0.05, 0.1) is 6.42 Å². The van der Waals surface area contributed by atoms with Crippen LogP contribution >= 0.6 is 0 Å². The molecule has 0 aliphatic carbocycles. The van der Waals surface area contributed by atoms with Crippen molar-refractivity contribution in [2.45, 2.75) is 38.6 Å². The SMILES string of the molecule is CC1CCN(C(CC(=O)O)Cc2ccc(F)c(F)c2)CC1. The molecule has 0 bridgehead atoms. The number of carbonyl (C=O) groups is 1. The van der Waals surface area contributed by atoms with Gasteiger partial charge in [-0.1, -0.05) is 13.0 Å². The summed E-state index contributed by atoms with van der Waals surface area (Å²) in [4.78, 5) is 13.2. The van der Waals surface area contributed by atoms with E-state index in [4.69, 9.17) is 5.11 Å². The van der Waals surface area contributed by atoms with Crippen LogP contribution in [-0.2, 0) is 11.2 Å². The number of piperidine rings is 1. The monoisotopic (exact) mass is 297 g/mol. The molecular formula is C16H21F2NO2. The summed E-state index contributed by atoms with van der Waals surface area (Å²) < 4.78 is 26.2. The average Bonchev–Trinajstić information content (AvgIpc) is 2.42. The van der Waals surface area contributed by atoms with Gasteiger partial charge in [0.25, 0.3) is 0 Å². The lowest BCUT2D eigenvalue weighted by Gasteiger charge is -2.36. The van der Waals surface area contributed by atoms with Crippen LogP contribution in [0.1, 0.15) is 31.7 Å². The van der Waals surface area contributed by atoms with Gasteiger partial charge in [0.1, 0.15) is 0 Å². The molecule has 1 N–H and O–H groups in total. The first-order chi connectivity index (χ1) is 9.95. The molecule has 1 fully saturated rings. The van der Waals surface area contributed by atoms with E-state index in [1.807, 2.05) is 0 Å². The number of hydrogen-bond acceptors (Lipinski definition) is 2. The van der Waals surface area contributed by atoms with E-state index in [0.29, 0.717) is 17.9 Å². The molecule has 0 aromatic heterocycles. The van der Waals surface area contributed by atoms with Crippen molar-refractivity contribution < 1.29 is 18.7 Å². The van der Waals surface area contributed by atoms with E-state index in [9.17, 15) is 13.6 Å². The van der Waals surface area contributed by atoms with Gasteiger partial charge in [0.2, 0.25) is 0 Å². The van der Waals surface area contributed by atoms with Crippen LogP contribution in [0.3, 0.4) is 0 Å². The van der Waals surface area contributed by atoms with Gasteiger partial charge in [-0.3, -0.25) is 9.69 Å². The Balaban J connectivity index is 2.08. The summed E-state index contributed by atoms with van der Waals surface area (Å²) in [6.07, 6.45) is 2.55. The summed E-state index contributed by atoms with van der Waals surface area (Å²) in [6, 6.07) is 3.62. The molecule has 0 saturated carbocycles. The number of carboxylic acid groups (broad SMARTS) is 1. The minimum atomic E-state index is -0.881. The molecule has 1 heterocycles. The highest BCUT2D eigenvalue weighted by molar-refractivity contribution is 5.67. The van der Waals surface area contributed by atoms with Crippen LogP contribution in [-0.4, -0.2) is 35.1 Å². The molecular weight excluding hydrogens is 276 g/mol. The minimum absolute atomic E-state index is 0.0212. The van der Waals surface area contributed by atoms with Gasteiger partial charge in [-0.25, -0.2) is 8.78 Å². The molecule has 116 valence electrons. The second-order valence-corrected chi connectivity index (χ2v) is 5.92. The lowest BCUT2D eigenvalue weighted by Crippen LogP contribution is -2.43. The van der Waals surface area contributed by atoms with Crippen LogP contribution in [0.25, 0.3) is 0 Å². The van der Waals surface area contributed by atoms with E-state index in [1.165, 1.54) is 6.07 Å². The zero-order valence-corrected chi connectivity index (χ0v) is 12.2. The zero-order valence-electron chi connectivity index (χ0n) is 12.2. The van der Waals surface area contributed by atoms with Crippen molar-refractivity contribution in [1.29, 1.82) is 0 Å². The molecule has 3 nitrogen and oxygen atoms in total. The van der Waals surface area contributed by atoms with Crippen LogP contribution < -0.4 is 0 Å². The molecule has 1 unspecified atom stereocenters. The van der Waals surface area contributed by atoms with E-state index in [-0.39, 0.29) is 12.5 Å². The molecule has 5 heteroatoms. The Bertz CT molecular complexity index is 499. The first-order valence-corrected chi connectivity index (χ1v) is 7.35. The third-order valence-corrected chi connectivity index (χ3v) is 4.20. The molecule has 1 aliphatic rings. The van der Waals surface area contributed by atoms with Crippen molar-refractivity contribution in [3.63, 3.8) is 0 Å². The first-order valence-electron chi connectivity index (χ1n) is 7.35. The van der Waals surface area contributed by atoms with Crippen molar-refractivity contribution in [3.05, 3.63) is 35.4 Å². The van der Waals surface area contributed by atoms with Crippen LogP contribution in [0.4, 0.5) is 8.78 Å². The van der Waals surface area contributed by atoms with Gasteiger partial charge in [0, 0.05) is 6.04 Å². The second kappa shape index (κ2) is 6.98. The third kappa shape index (κ3) is 4.49. The van der Waals surface area contributed by atoms with Gasteiger partial charge < -0.3 is 5.11 Å². The lowest BCUT2D eigenvalue weighted by atomic mass is 9.94. The molecule has 0 radical (unpaired) electrons. The summed E-state index contributed by atoms with van der Waals surface area (Å²) in [7, 11) is 0. The third-order valence-electron chi connectivity index (χ3n) is 4.20. The van der Waals surface area contributed by atoms with Gasteiger partial charge in [-0.15, -0.1) is 0 Å². The maximum Gasteiger partial charge on any atom is 0.304 e. The number of carboxylic acids is 1.